The van der Waals surface area contributed by atoms with Gasteiger partial charge >= 0.3 is 0 Å². The van der Waals surface area contributed by atoms with E-state index in [1.807, 2.05) is 51.1 Å². The summed E-state index contributed by atoms with van der Waals surface area (Å²) in [5, 5.41) is 6.60. The number of aromatic nitrogens is 2. The van der Waals surface area contributed by atoms with Crippen LogP contribution >= 0.6 is 0 Å². The van der Waals surface area contributed by atoms with Gasteiger partial charge in [-0.15, -0.1) is 0 Å². The SMILES string of the molecule is Cc1cc(NCC(C)C)nc(Nc2ccccc2OC(C)C)n1. The Bertz CT molecular complexity index is 641. The molecular weight excluding hydrogens is 288 g/mol. The molecule has 0 atom stereocenters. The van der Waals surface area contributed by atoms with Crippen LogP contribution < -0.4 is 15.4 Å². The molecule has 1 aromatic carbocycles. The molecule has 0 aliphatic rings. The van der Waals surface area contributed by atoms with E-state index in [-0.39, 0.29) is 6.10 Å². The molecule has 0 fully saturated rings. The smallest absolute Gasteiger partial charge is 0.229 e. The average molecular weight is 314 g/mol. The second kappa shape index (κ2) is 7.81. The van der Waals surface area contributed by atoms with Gasteiger partial charge in [-0.1, -0.05) is 26.0 Å². The number of benzene rings is 1. The maximum Gasteiger partial charge on any atom is 0.229 e. The quantitative estimate of drug-likeness (QED) is 0.794. The highest BCUT2D eigenvalue weighted by Gasteiger charge is 2.08. The van der Waals surface area contributed by atoms with Gasteiger partial charge in [0, 0.05) is 18.3 Å². The summed E-state index contributed by atoms with van der Waals surface area (Å²) in [4.78, 5) is 8.99. The van der Waals surface area contributed by atoms with E-state index >= 15 is 0 Å². The van der Waals surface area contributed by atoms with Gasteiger partial charge < -0.3 is 15.4 Å². The van der Waals surface area contributed by atoms with Crippen molar-refractivity contribution in [3.05, 3.63) is 36.0 Å². The lowest BCUT2D eigenvalue weighted by molar-refractivity contribution is 0.244. The van der Waals surface area contributed by atoms with E-state index in [9.17, 15) is 0 Å². The van der Waals surface area contributed by atoms with Crippen LogP contribution in [-0.4, -0.2) is 22.6 Å². The molecule has 0 unspecified atom stereocenters. The van der Waals surface area contributed by atoms with E-state index in [0.717, 1.165) is 29.5 Å². The first-order valence-electron chi connectivity index (χ1n) is 8.06. The predicted molar refractivity (Wildman–Crippen MR) is 95.6 cm³/mol. The molecule has 0 amide bonds. The van der Waals surface area contributed by atoms with Gasteiger partial charge in [-0.3, -0.25) is 0 Å². The van der Waals surface area contributed by atoms with Crippen LogP contribution in [0, 0.1) is 12.8 Å². The third-order valence-corrected chi connectivity index (χ3v) is 3.04. The molecule has 0 saturated heterocycles. The van der Waals surface area contributed by atoms with Gasteiger partial charge in [0.1, 0.15) is 11.6 Å². The molecule has 5 heteroatoms. The van der Waals surface area contributed by atoms with Gasteiger partial charge in [-0.25, -0.2) is 4.98 Å². The molecule has 2 rings (SSSR count). The minimum atomic E-state index is 0.111. The number of aryl methyl sites for hydroxylation is 1. The van der Waals surface area contributed by atoms with E-state index in [2.05, 4.69) is 34.4 Å². The van der Waals surface area contributed by atoms with Crippen LogP contribution in [0.3, 0.4) is 0 Å². The van der Waals surface area contributed by atoms with Crippen LogP contribution in [-0.2, 0) is 0 Å². The van der Waals surface area contributed by atoms with Gasteiger partial charge in [0.15, 0.2) is 0 Å². The lowest BCUT2D eigenvalue weighted by Gasteiger charge is -2.15. The molecule has 0 spiro atoms. The molecule has 0 saturated carbocycles. The van der Waals surface area contributed by atoms with Crippen molar-refractivity contribution >= 4 is 17.5 Å². The van der Waals surface area contributed by atoms with Crippen molar-refractivity contribution in [2.24, 2.45) is 5.92 Å². The van der Waals surface area contributed by atoms with Gasteiger partial charge in [-0.05, 0) is 38.8 Å². The number of hydrogen-bond acceptors (Lipinski definition) is 5. The minimum absolute atomic E-state index is 0.111. The van der Waals surface area contributed by atoms with Crippen LogP contribution in [0.5, 0.6) is 5.75 Å². The van der Waals surface area contributed by atoms with Crippen LogP contribution in [0.15, 0.2) is 30.3 Å². The minimum Gasteiger partial charge on any atom is -0.489 e. The van der Waals surface area contributed by atoms with Crippen LogP contribution in [0.1, 0.15) is 33.4 Å². The summed E-state index contributed by atoms with van der Waals surface area (Å²) in [5.41, 5.74) is 1.78. The summed E-state index contributed by atoms with van der Waals surface area (Å²) in [6.45, 7) is 11.2. The van der Waals surface area contributed by atoms with Gasteiger partial charge in [0.05, 0.1) is 11.8 Å². The van der Waals surface area contributed by atoms with E-state index < -0.39 is 0 Å². The molecule has 1 aromatic heterocycles. The molecule has 1 heterocycles. The van der Waals surface area contributed by atoms with Gasteiger partial charge in [0.2, 0.25) is 5.95 Å². The molecule has 0 bridgehead atoms. The highest BCUT2D eigenvalue weighted by Crippen LogP contribution is 2.27. The predicted octanol–water partition coefficient (Wildman–Crippen LogP) is 4.38. The Hall–Kier alpha value is -2.30. The summed E-state index contributed by atoms with van der Waals surface area (Å²) in [6.07, 6.45) is 0.111. The normalized spacial score (nSPS) is 10.9. The Balaban J connectivity index is 2.20. The Kier molecular flexibility index (Phi) is 5.79. The molecule has 0 aliphatic carbocycles. The second-order valence-electron chi connectivity index (χ2n) is 6.28. The fourth-order valence-electron chi connectivity index (χ4n) is 2.07. The number of nitrogens with zero attached hydrogens (tertiary/aromatic N) is 2. The van der Waals surface area contributed by atoms with E-state index in [4.69, 9.17) is 4.74 Å². The maximum absolute atomic E-state index is 5.82. The first-order valence-corrected chi connectivity index (χ1v) is 8.06. The fraction of sp³-hybridized carbons (Fsp3) is 0.444. The van der Waals surface area contributed by atoms with Crippen LogP contribution in [0.4, 0.5) is 17.5 Å². The van der Waals surface area contributed by atoms with Crippen molar-refractivity contribution in [2.45, 2.75) is 40.7 Å². The first kappa shape index (κ1) is 17.1. The van der Waals surface area contributed by atoms with Crippen molar-refractivity contribution in [2.75, 3.05) is 17.2 Å². The summed E-state index contributed by atoms with van der Waals surface area (Å²) in [5.74, 6) is 2.75. The maximum atomic E-state index is 5.82. The standard InChI is InChI=1S/C18H26N4O/c1-12(2)11-19-17-10-14(5)20-18(22-17)21-15-8-6-7-9-16(15)23-13(3)4/h6-10,12-13H,11H2,1-5H3,(H2,19,20,21,22). The number of ether oxygens (including phenoxy) is 1. The molecular formula is C18H26N4O. The molecule has 2 N–H and O–H groups in total. The van der Waals surface area contributed by atoms with Crippen molar-refractivity contribution in [1.82, 2.24) is 9.97 Å². The third kappa shape index (κ3) is 5.43. The topological polar surface area (TPSA) is 59.1 Å². The summed E-state index contributed by atoms with van der Waals surface area (Å²) in [6, 6.07) is 9.77. The Labute approximate surface area is 138 Å². The number of hydrogen-bond donors (Lipinski definition) is 2. The van der Waals surface area contributed by atoms with E-state index in [0.29, 0.717) is 11.9 Å². The number of nitrogens with one attached hydrogen (secondary N) is 2. The zero-order valence-electron chi connectivity index (χ0n) is 14.6. The van der Waals surface area contributed by atoms with Gasteiger partial charge in [0.25, 0.3) is 0 Å². The fourth-order valence-corrected chi connectivity index (χ4v) is 2.07. The highest BCUT2D eigenvalue weighted by molar-refractivity contribution is 5.63. The van der Waals surface area contributed by atoms with Crippen molar-refractivity contribution in [3.8, 4) is 5.75 Å². The molecule has 0 radical (unpaired) electrons. The highest BCUT2D eigenvalue weighted by atomic mass is 16.5. The zero-order chi connectivity index (χ0) is 16.8. The number of para-hydroxylation sites is 2. The Morgan fingerprint density at radius 2 is 1.83 bits per heavy atom. The number of anilines is 3. The monoisotopic (exact) mass is 314 g/mol. The lowest BCUT2D eigenvalue weighted by atomic mass is 10.2. The van der Waals surface area contributed by atoms with Crippen LogP contribution in [0.2, 0.25) is 0 Å². The van der Waals surface area contributed by atoms with Crippen molar-refractivity contribution < 1.29 is 4.74 Å². The average Bonchev–Trinajstić information content (AvgIpc) is 2.46. The Morgan fingerprint density at radius 1 is 1.09 bits per heavy atom. The molecule has 124 valence electrons. The number of rotatable bonds is 7. The Morgan fingerprint density at radius 3 is 2.52 bits per heavy atom. The largest absolute Gasteiger partial charge is 0.489 e. The van der Waals surface area contributed by atoms with E-state index in [1.165, 1.54) is 0 Å². The summed E-state index contributed by atoms with van der Waals surface area (Å²) < 4.78 is 5.82. The molecule has 23 heavy (non-hydrogen) atoms. The molecule has 0 aliphatic heterocycles. The van der Waals surface area contributed by atoms with Gasteiger partial charge in [-0.2, -0.15) is 4.98 Å². The van der Waals surface area contributed by atoms with Crippen molar-refractivity contribution in [3.63, 3.8) is 0 Å². The van der Waals surface area contributed by atoms with Crippen molar-refractivity contribution in [1.29, 1.82) is 0 Å². The summed E-state index contributed by atoms with van der Waals surface area (Å²) >= 11 is 0. The zero-order valence-corrected chi connectivity index (χ0v) is 14.6. The second-order valence-corrected chi connectivity index (χ2v) is 6.28. The molecule has 2 aromatic rings. The van der Waals surface area contributed by atoms with Crippen LogP contribution in [0.25, 0.3) is 0 Å². The summed E-state index contributed by atoms with van der Waals surface area (Å²) in [7, 11) is 0. The van der Waals surface area contributed by atoms with E-state index in [1.54, 1.807) is 0 Å². The lowest BCUT2D eigenvalue weighted by Crippen LogP contribution is -2.11. The first-order chi connectivity index (χ1) is 10.9. The molecule has 5 nitrogen and oxygen atoms in total. The third-order valence-electron chi connectivity index (χ3n) is 3.04.